The zero-order valence-electron chi connectivity index (χ0n) is 18.6. The first-order chi connectivity index (χ1) is 15.9. The second-order valence-electron chi connectivity index (χ2n) is 8.02. The van der Waals surface area contributed by atoms with E-state index in [1.54, 1.807) is 0 Å². The number of aliphatic hydroxyl groups excluding tert-OH is 1. The molecule has 0 bridgehead atoms. The minimum atomic E-state index is -0.686. The van der Waals surface area contributed by atoms with E-state index >= 15 is 0 Å². The molecule has 2 aromatic heterocycles. The molecule has 0 atom stereocenters. The van der Waals surface area contributed by atoms with Gasteiger partial charge in [0.25, 0.3) is 17.5 Å². The van der Waals surface area contributed by atoms with Crippen molar-refractivity contribution < 1.29 is 24.3 Å². The van der Waals surface area contributed by atoms with Gasteiger partial charge in [0, 0.05) is 70.8 Å². The molecule has 0 saturated heterocycles. The van der Waals surface area contributed by atoms with Gasteiger partial charge in [0.2, 0.25) is 0 Å². The maximum absolute atomic E-state index is 13.4. The average Bonchev–Trinajstić information content (AvgIpc) is 3.41. The molecule has 166 valence electrons. The summed E-state index contributed by atoms with van der Waals surface area (Å²) in [7, 11) is 5.30. The SMILES string of the molecule is C=[N+](OC)c1ccc2c(C3=C(c4cn(C)c5ccccc45)C(=O)N(CO)C3=O)cn(C)c2c1. The van der Waals surface area contributed by atoms with Crippen LogP contribution in [0.25, 0.3) is 33.0 Å². The van der Waals surface area contributed by atoms with Crippen LogP contribution >= 0.6 is 0 Å². The first kappa shape index (κ1) is 20.7. The maximum atomic E-state index is 13.4. The summed E-state index contributed by atoms with van der Waals surface area (Å²) in [5.41, 5.74) is 4.39. The molecule has 1 aliphatic heterocycles. The lowest BCUT2D eigenvalue weighted by atomic mass is 9.95. The third-order valence-electron chi connectivity index (χ3n) is 6.23. The van der Waals surface area contributed by atoms with Crippen molar-refractivity contribution >= 4 is 57.2 Å². The van der Waals surface area contributed by atoms with Crippen molar-refractivity contribution in [3.8, 4) is 0 Å². The number of para-hydroxylation sites is 1. The van der Waals surface area contributed by atoms with Crippen molar-refractivity contribution in [1.29, 1.82) is 0 Å². The second-order valence-corrected chi connectivity index (χ2v) is 8.02. The number of aromatic nitrogens is 2. The third-order valence-corrected chi connectivity index (χ3v) is 6.23. The van der Waals surface area contributed by atoms with Gasteiger partial charge in [-0.15, -0.1) is 0 Å². The Balaban J connectivity index is 1.82. The van der Waals surface area contributed by atoms with Crippen molar-refractivity contribution in [2.75, 3.05) is 13.8 Å². The lowest BCUT2D eigenvalue weighted by molar-refractivity contribution is -0.714. The highest BCUT2D eigenvalue weighted by molar-refractivity contribution is 6.50. The van der Waals surface area contributed by atoms with Crippen LogP contribution in [0.1, 0.15) is 11.1 Å². The monoisotopic (exact) mass is 443 g/mol. The van der Waals surface area contributed by atoms with Gasteiger partial charge in [-0.3, -0.25) is 19.3 Å². The summed E-state index contributed by atoms with van der Waals surface area (Å²) in [5.74, 6) is -1.02. The van der Waals surface area contributed by atoms with Crippen molar-refractivity contribution in [2.24, 2.45) is 14.1 Å². The molecule has 1 N–H and O–H groups in total. The molecule has 2 amide bonds. The van der Waals surface area contributed by atoms with Gasteiger partial charge in [-0.2, -0.15) is 0 Å². The number of aliphatic hydroxyl groups is 1. The molecule has 0 radical (unpaired) electrons. The van der Waals surface area contributed by atoms with Gasteiger partial charge in [-0.05, 0) is 12.1 Å². The van der Waals surface area contributed by atoms with E-state index in [1.165, 1.54) is 11.8 Å². The van der Waals surface area contributed by atoms with Crippen LogP contribution in [0.2, 0.25) is 0 Å². The van der Waals surface area contributed by atoms with Gasteiger partial charge >= 0.3 is 0 Å². The molecule has 2 aromatic carbocycles. The number of aryl methyl sites for hydroxylation is 2. The molecule has 0 aliphatic carbocycles. The molecule has 8 nitrogen and oxygen atoms in total. The minimum Gasteiger partial charge on any atom is -0.376 e. The van der Waals surface area contributed by atoms with E-state index in [4.69, 9.17) is 4.84 Å². The fraction of sp³-hybridized carbons (Fsp3) is 0.160. The molecular formula is C25H23N4O4+. The number of imide groups is 1. The topological polar surface area (TPSA) is 79.7 Å². The number of carbonyl (C=O) groups excluding carboxylic acids is 2. The van der Waals surface area contributed by atoms with E-state index < -0.39 is 18.5 Å². The van der Waals surface area contributed by atoms with E-state index in [-0.39, 0.29) is 11.1 Å². The highest BCUT2D eigenvalue weighted by Crippen LogP contribution is 2.41. The van der Waals surface area contributed by atoms with E-state index in [0.717, 1.165) is 32.4 Å². The number of nitrogens with zero attached hydrogens (tertiary/aromatic N) is 4. The third kappa shape index (κ3) is 2.91. The zero-order chi connectivity index (χ0) is 23.4. The summed E-state index contributed by atoms with van der Waals surface area (Å²) in [6.07, 6.45) is 3.69. The number of hydrogen-bond donors (Lipinski definition) is 1. The van der Waals surface area contributed by atoms with Crippen LogP contribution in [0.3, 0.4) is 0 Å². The normalized spacial score (nSPS) is 14.2. The number of benzene rings is 2. The molecule has 0 fully saturated rings. The average molecular weight is 443 g/mol. The number of hydrogen-bond acceptors (Lipinski definition) is 4. The van der Waals surface area contributed by atoms with Crippen LogP contribution < -0.4 is 0 Å². The Morgan fingerprint density at radius 3 is 2.09 bits per heavy atom. The summed E-state index contributed by atoms with van der Waals surface area (Å²) in [6, 6.07) is 13.3. The summed E-state index contributed by atoms with van der Waals surface area (Å²) in [5, 5.41) is 11.5. The standard InChI is InChI=1S/C25H23N4O4/c1-26-12-18(16-7-5-6-8-20(16)26)22-23(25(32)29(14-30)24(22)31)19-13-27(2)21-11-15(28(3)33-4)9-10-17(19)21/h5-13,30H,3,14H2,1-2,4H3/q+1. The van der Waals surface area contributed by atoms with Crippen LogP contribution in [0.15, 0.2) is 54.9 Å². The van der Waals surface area contributed by atoms with Crippen LogP contribution in [-0.2, 0) is 28.5 Å². The number of amides is 2. The second kappa shape index (κ2) is 7.46. The van der Waals surface area contributed by atoms with Gasteiger partial charge in [-0.25, -0.2) is 0 Å². The molecule has 3 heterocycles. The Morgan fingerprint density at radius 1 is 0.909 bits per heavy atom. The Kier molecular flexibility index (Phi) is 4.68. The molecule has 0 spiro atoms. The van der Waals surface area contributed by atoms with Crippen LogP contribution in [0.4, 0.5) is 5.69 Å². The van der Waals surface area contributed by atoms with Gasteiger partial charge < -0.3 is 14.2 Å². The Hall–Kier alpha value is -4.17. The predicted octanol–water partition coefficient (Wildman–Crippen LogP) is 2.81. The summed E-state index contributed by atoms with van der Waals surface area (Å²) in [6.45, 7) is 3.14. The summed E-state index contributed by atoms with van der Waals surface area (Å²) in [4.78, 5) is 32.8. The van der Waals surface area contributed by atoms with Crippen LogP contribution in [0.5, 0.6) is 0 Å². The predicted molar refractivity (Wildman–Crippen MR) is 126 cm³/mol. The van der Waals surface area contributed by atoms with Gasteiger partial charge in [0.15, 0.2) is 6.72 Å². The van der Waals surface area contributed by atoms with Gasteiger partial charge in [0.1, 0.15) is 13.8 Å². The van der Waals surface area contributed by atoms with E-state index in [9.17, 15) is 14.7 Å². The van der Waals surface area contributed by atoms with Gasteiger partial charge in [0.05, 0.1) is 16.7 Å². The molecule has 0 unspecified atom stereocenters. The van der Waals surface area contributed by atoms with E-state index in [0.29, 0.717) is 11.1 Å². The van der Waals surface area contributed by atoms with E-state index in [2.05, 4.69) is 6.72 Å². The van der Waals surface area contributed by atoms with Crippen LogP contribution in [-0.4, -0.2) is 56.3 Å². The lowest BCUT2D eigenvalue weighted by Gasteiger charge is -2.10. The first-order valence-corrected chi connectivity index (χ1v) is 10.4. The van der Waals surface area contributed by atoms with Crippen molar-refractivity contribution in [2.45, 2.75) is 0 Å². The molecule has 5 rings (SSSR count). The maximum Gasteiger partial charge on any atom is 0.264 e. The molecule has 0 saturated carbocycles. The number of rotatable bonds is 5. The number of fused-ring (bicyclic) bond motifs is 2. The van der Waals surface area contributed by atoms with Gasteiger partial charge in [-0.1, -0.05) is 18.2 Å². The Morgan fingerprint density at radius 2 is 1.48 bits per heavy atom. The Labute approximate surface area is 189 Å². The quantitative estimate of drug-likeness (QED) is 0.223. The molecule has 1 aliphatic rings. The van der Waals surface area contributed by atoms with Crippen molar-refractivity contribution in [3.05, 3.63) is 66.0 Å². The molecule has 4 aromatic rings. The fourth-order valence-electron chi connectivity index (χ4n) is 4.58. The lowest BCUT2D eigenvalue weighted by Crippen LogP contribution is -2.32. The first-order valence-electron chi connectivity index (χ1n) is 10.4. The summed E-state index contributed by atoms with van der Waals surface area (Å²) < 4.78 is 5.22. The fourth-order valence-corrected chi connectivity index (χ4v) is 4.58. The highest BCUT2D eigenvalue weighted by atomic mass is 16.6. The Bertz CT molecular complexity index is 1520. The highest BCUT2D eigenvalue weighted by Gasteiger charge is 2.41. The van der Waals surface area contributed by atoms with Crippen LogP contribution in [0, 0.1) is 0 Å². The van der Waals surface area contributed by atoms with E-state index in [1.807, 2.05) is 78.1 Å². The smallest absolute Gasteiger partial charge is 0.264 e. The zero-order valence-corrected chi connectivity index (χ0v) is 18.6. The largest absolute Gasteiger partial charge is 0.376 e. The summed E-state index contributed by atoms with van der Waals surface area (Å²) >= 11 is 0. The molecule has 8 heteroatoms. The molecule has 33 heavy (non-hydrogen) atoms. The van der Waals surface area contributed by atoms with Crippen molar-refractivity contribution in [3.63, 3.8) is 0 Å². The molecular weight excluding hydrogens is 420 g/mol. The van der Waals surface area contributed by atoms with Crippen molar-refractivity contribution in [1.82, 2.24) is 14.0 Å². The minimum absolute atomic E-state index is 0.280. The number of carbonyl (C=O) groups is 2.